The minimum atomic E-state index is 0.178. The molecule has 108 valence electrons. The first-order valence-corrected chi connectivity index (χ1v) is 7.92. The van der Waals surface area contributed by atoms with E-state index in [1.165, 1.54) is 36.8 Å². The van der Waals surface area contributed by atoms with Crippen molar-refractivity contribution in [1.82, 2.24) is 4.90 Å². The van der Waals surface area contributed by atoms with Gasteiger partial charge in [0.15, 0.2) is 0 Å². The molecule has 2 aliphatic rings. The first-order chi connectivity index (χ1) is 9.79. The van der Waals surface area contributed by atoms with Crippen molar-refractivity contribution in [2.24, 2.45) is 5.73 Å². The molecule has 0 radical (unpaired) electrons. The van der Waals surface area contributed by atoms with Crippen molar-refractivity contribution >= 4 is 5.91 Å². The summed E-state index contributed by atoms with van der Waals surface area (Å²) in [6.07, 6.45) is 8.07. The van der Waals surface area contributed by atoms with Crippen LogP contribution in [0.4, 0.5) is 0 Å². The van der Waals surface area contributed by atoms with Gasteiger partial charge in [0.25, 0.3) is 5.91 Å². The van der Waals surface area contributed by atoms with Crippen LogP contribution in [0.15, 0.2) is 18.2 Å². The molecule has 1 amide bonds. The van der Waals surface area contributed by atoms with E-state index in [0.717, 1.165) is 31.4 Å². The molecular formula is C17H24N2O. The highest BCUT2D eigenvalue weighted by molar-refractivity contribution is 5.94. The largest absolute Gasteiger partial charge is 0.334 e. The van der Waals surface area contributed by atoms with Crippen LogP contribution in [0.5, 0.6) is 0 Å². The van der Waals surface area contributed by atoms with E-state index in [2.05, 4.69) is 12.1 Å². The highest BCUT2D eigenvalue weighted by Crippen LogP contribution is 2.25. The van der Waals surface area contributed by atoms with Gasteiger partial charge in [0.2, 0.25) is 0 Å². The normalized spacial score (nSPS) is 22.4. The molecule has 0 saturated carbocycles. The van der Waals surface area contributed by atoms with Gasteiger partial charge in [0, 0.05) is 24.7 Å². The molecule has 3 heteroatoms. The molecule has 1 unspecified atom stereocenters. The Hall–Kier alpha value is -1.35. The van der Waals surface area contributed by atoms with Gasteiger partial charge in [-0.25, -0.2) is 0 Å². The maximum absolute atomic E-state index is 12.8. The molecule has 3 nitrogen and oxygen atoms in total. The number of hydrogen-bond acceptors (Lipinski definition) is 2. The summed E-state index contributed by atoms with van der Waals surface area (Å²) in [6, 6.07) is 6.48. The molecule has 0 bridgehead atoms. The van der Waals surface area contributed by atoms with Gasteiger partial charge in [0.1, 0.15) is 0 Å². The number of aryl methyl sites for hydroxylation is 2. The minimum absolute atomic E-state index is 0.178. The number of hydrogen-bond donors (Lipinski definition) is 1. The van der Waals surface area contributed by atoms with Crippen LogP contribution in [-0.4, -0.2) is 29.9 Å². The van der Waals surface area contributed by atoms with Crippen LogP contribution in [0.25, 0.3) is 0 Å². The second-order valence-corrected chi connectivity index (χ2v) is 6.07. The molecule has 20 heavy (non-hydrogen) atoms. The Bertz CT molecular complexity index is 498. The average molecular weight is 272 g/mol. The third-order valence-electron chi connectivity index (χ3n) is 4.76. The molecule has 1 aliphatic carbocycles. The van der Waals surface area contributed by atoms with Crippen LogP contribution < -0.4 is 5.73 Å². The van der Waals surface area contributed by atoms with E-state index in [9.17, 15) is 4.79 Å². The van der Waals surface area contributed by atoms with Crippen molar-refractivity contribution in [2.45, 2.75) is 51.0 Å². The molecule has 1 heterocycles. The molecule has 1 aromatic rings. The van der Waals surface area contributed by atoms with E-state index in [1.807, 2.05) is 11.0 Å². The van der Waals surface area contributed by atoms with Crippen molar-refractivity contribution in [3.63, 3.8) is 0 Å². The standard InChI is InChI=1S/C17H24N2O/c18-12-16-7-2-1-3-10-19(16)17(20)15-9-8-13-5-4-6-14(13)11-15/h8-9,11,16H,1-7,10,12,18H2. The molecule has 0 spiro atoms. The molecule has 1 aliphatic heterocycles. The van der Waals surface area contributed by atoms with Crippen LogP contribution in [-0.2, 0) is 12.8 Å². The average Bonchev–Trinajstić information content (AvgIpc) is 2.81. The van der Waals surface area contributed by atoms with Crippen molar-refractivity contribution in [3.8, 4) is 0 Å². The molecule has 1 atom stereocenters. The maximum Gasteiger partial charge on any atom is 0.254 e. The van der Waals surface area contributed by atoms with Gasteiger partial charge in [-0.1, -0.05) is 18.9 Å². The van der Waals surface area contributed by atoms with Gasteiger partial charge < -0.3 is 10.6 Å². The maximum atomic E-state index is 12.8. The zero-order valence-corrected chi connectivity index (χ0v) is 12.1. The van der Waals surface area contributed by atoms with Crippen LogP contribution in [0.3, 0.4) is 0 Å². The van der Waals surface area contributed by atoms with E-state index < -0.39 is 0 Å². The van der Waals surface area contributed by atoms with Gasteiger partial charge >= 0.3 is 0 Å². The quantitative estimate of drug-likeness (QED) is 0.899. The lowest BCUT2D eigenvalue weighted by molar-refractivity contribution is 0.0689. The molecule has 1 aromatic carbocycles. The number of fused-ring (bicyclic) bond motifs is 1. The third kappa shape index (κ3) is 2.59. The number of carbonyl (C=O) groups is 1. The predicted octanol–water partition coefficient (Wildman–Crippen LogP) is 2.52. The minimum Gasteiger partial charge on any atom is -0.334 e. The fraction of sp³-hybridized carbons (Fsp3) is 0.588. The molecule has 0 aromatic heterocycles. The third-order valence-corrected chi connectivity index (χ3v) is 4.76. The smallest absolute Gasteiger partial charge is 0.254 e. The Morgan fingerprint density at radius 2 is 2.00 bits per heavy atom. The highest BCUT2D eigenvalue weighted by atomic mass is 16.2. The van der Waals surface area contributed by atoms with Crippen LogP contribution in [0.1, 0.15) is 53.6 Å². The summed E-state index contributed by atoms with van der Waals surface area (Å²) < 4.78 is 0. The number of nitrogens with zero attached hydrogens (tertiary/aromatic N) is 1. The highest BCUT2D eigenvalue weighted by Gasteiger charge is 2.26. The first kappa shape index (κ1) is 13.6. The lowest BCUT2D eigenvalue weighted by atomic mass is 10.0. The van der Waals surface area contributed by atoms with Crippen molar-refractivity contribution in [2.75, 3.05) is 13.1 Å². The van der Waals surface area contributed by atoms with E-state index in [4.69, 9.17) is 5.73 Å². The second-order valence-electron chi connectivity index (χ2n) is 6.07. The van der Waals surface area contributed by atoms with Gasteiger partial charge in [-0.2, -0.15) is 0 Å². The molecular weight excluding hydrogens is 248 g/mol. The number of amides is 1. The Morgan fingerprint density at radius 1 is 1.15 bits per heavy atom. The van der Waals surface area contributed by atoms with Gasteiger partial charge in [-0.05, 0) is 55.4 Å². The summed E-state index contributed by atoms with van der Waals surface area (Å²) in [5, 5.41) is 0. The van der Waals surface area contributed by atoms with Gasteiger partial charge in [-0.15, -0.1) is 0 Å². The summed E-state index contributed by atoms with van der Waals surface area (Å²) in [4.78, 5) is 14.8. The Labute approximate surface area is 121 Å². The van der Waals surface area contributed by atoms with Crippen molar-refractivity contribution < 1.29 is 4.79 Å². The SMILES string of the molecule is NCC1CCCCCN1C(=O)c1ccc2c(c1)CCC2. The zero-order chi connectivity index (χ0) is 13.9. The molecule has 1 fully saturated rings. The first-order valence-electron chi connectivity index (χ1n) is 7.92. The monoisotopic (exact) mass is 272 g/mol. The van der Waals surface area contributed by atoms with E-state index >= 15 is 0 Å². The number of rotatable bonds is 2. The molecule has 3 rings (SSSR count). The molecule has 1 saturated heterocycles. The van der Waals surface area contributed by atoms with Crippen LogP contribution >= 0.6 is 0 Å². The summed E-state index contributed by atoms with van der Waals surface area (Å²) in [5.74, 6) is 0.178. The van der Waals surface area contributed by atoms with Crippen molar-refractivity contribution in [3.05, 3.63) is 34.9 Å². The van der Waals surface area contributed by atoms with E-state index in [0.29, 0.717) is 6.54 Å². The Kier molecular flexibility index (Phi) is 4.06. The summed E-state index contributed by atoms with van der Waals surface area (Å²) in [6.45, 7) is 1.44. The second kappa shape index (κ2) is 5.96. The van der Waals surface area contributed by atoms with Crippen LogP contribution in [0.2, 0.25) is 0 Å². The molecule has 2 N–H and O–H groups in total. The Balaban J connectivity index is 1.83. The van der Waals surface area contributed by atoms with Gasteiger partial charge in [0.05, 0.1) is 0 Å². The van der Waals surface area contributed by atoms with E-state index in [1.54, 1.807) is 0 Å². The number of benzene rings is 1. The number of carbonyl (C=O) groups excluding carboxylic acids is 1. The fourth-order valence-corrected chi connectivity index (χ4v) is 3.56. The number of likely N-dealkylation sites (tertiary alicyclic amines) is 1. The summed E-state index contributed by atoms with van der Waals surface area (Å²) in [7, 11) is 0. The fourth-order valence-electron chi connectivity index (χ4n) is 3.56. The zero-order valence-electron chi connectivity index (χ0n) is 12.1. The van der Waals surface area contributed by atoms with Gasteiger partial charge in [-0.3, -0.25) is 4.79 Å². The lowest BCUT2D eigenvalue weighted by Crippen LogP contribution is -2.44. The van der Waals surface area contributed by atoms with Crippen LogP contribution in [0, 0.1) is 0 Å². The summed E-state index contributed by atoms with van der Waals surface area (Å²) in [5.41, 5.74) is 9.52. The van der Waals surface area contributed by atoms with E-state index in [-0.39, 0.29) is 11.9 Å². The lowest BCUT2D eigenvalue weighted by Gasteiger charge is -2.29. The van der Waals surface area contributed by atoms with Crippen molar-refractivity contribution in [1.29, 1.82) is 0 Å². The topological polar surface area (TPSA) is 46.3 Å². The Morgan fingerprint density at radius 3 is 2.85 bits per heavy atom. The summed E-state index contributed by atoms with van der Waals surface area (Å²) >= 11 is 0. The number of nitrogens with two attached hydrogens (primary N) is 1. The predicted molar refractivity (Wildman–Crippen MR) is 80.8 cm³/mol.